The molecule has 0 N–H and O–H groups in total. The van der Waals surface area contributed by atoms with Gasteiger partial charge in [-0.05, 0) is 37.0 Å². The van der Waals surface area contributed by atoms with Crippen LogP contribution in [-0.4, -0.2) is 43.8 Å². The molecule has 0 aromatic heterocycles. The number of ether oxygens (including phenoxy) is 2. The van der Waals surface area contributed by atoms with E-state index in [4.69, 9.17) is 9.47 Å². The van der Waals surface area contributed by atoms with Gasteiger partial charge in [-0.2, -0.15) is 0 Å². The summed E-state index contributed by atoms with van der Waals surface area (Å²) in [5, 5.41) is 0. The SMILES string of the molecule is CCCCCCCCCCCCc1cccc(OC(CC)COC(=O)CC[N+](C)(C)Cc2ccccc2)c1. The van der Waals surface area contributed by atoms with Crippen LogP contribution in [0.1, 0.15) is 102 Å². The molecule has 0 aliphatic rings. The highest BCUT2D eigenvalue weighted by Crippen LogP contribution is 2.19. The zero-order chi connectivity index (χ0) is 27.5. The van der Waals surface area contributed by atoms with E-state index in [1.807, 2.05) is 12.1 Å². The van der Waals surface area contributed by atoms with Crippen LogP contribution in [0.5, 0.6) is 5.75 Å². The van der Waals surface area contributed by atoms with Crippen molar-refractivity contribution in [2.24, 2.45) is 0 Å². The number of quaternary nitrogens is 1. The normalized spacial score (nSPS) is 12.3. The van der Waals surface area contributed by atoms with E-state index < -0.39 is 0 Å². The number of unbranched alkanes of at least 4 members (excludes halogenated alkanes) is 9. The first-order valence-electron chi connectivity index (χ1n) is 15.2. The highest BCUT2D eigenvalue weighted by Gasteiger charge is 2.19. The Morgan fingerprint density at radius 1 is 0.789 bits per heavy atom. The third kappa shape index (κ3) is 14.6. The third-order valence-electron chi connectivity index (χ3n) is 7.28. The van der Waals surface area contributed by atoms with E-state index in [0.717, 1.165) is 36.2 Å². The minimum absolute atomic E-state index is 0.127. The molecule has 1 unspecified atom stereocenters. The van der Waals surface area contributed by atoms with E-state index in [0.29, 0.717) is 13.0 Å². The van der Waals surface area contributed by atoms with Crippen molar-refractivity contribution in [1.29, 1.82) is 0 Å². The first-order valence-corrected chi connectivity index (χ1v) is 15.2. The molecule has 2 rings (SSSR count). The fraction of sp³-hybridized carbons (Fsp3) is 0.618. The fourth-order valence-corrected chi connectivity index (χ4v) is 4.83. The maximum atomic E-state index is 12.5. The van der Waals surface area contributed by atoms with Gasteiger partial charge < -0.3 is 14.0 Å². The summed E-state index contributed by atoms with van der Waals surface area (Å²) in [5.41, 5.74) is 2.60. The number of carbonyl (C=O) groups is 1. The molecule has 2 aromatic carbocycles. The number of hydrogen-bond donors (Lipinski definition) is 0. The highest BCUT2D eigenvalue weighted by molar-refractivity contribution is 5.69. The predicted octanol–water partition coefficient (Wildman–Crippen LogP) is 8.52. The van der Waals surface area contributed by atoms with Crippen molar-refractivity contribution in [1.82, 2.24) is 0 Å². The molecule has 2 aromatic rings. The molecule has 0 spiro atoms. The Balaban J connectivity index is 1.64. The third-order valence-corrected chi connectivity index (χ3v) is 7.28. The van der Waals surface area contributed by atoms with E-state index in [1.165, 1.54) is 75.3 Å². The van der Waals surface area contributed by atoms with Gasteiger partial charge in [0.1, 0.15) is 25.0 Å². The Bertz CT molecular complexity index is 880. The first kappa shape index (κ1) is 31.9. The molecule has 0 fully saturated rings. The standard InChI is InChI=1S/C34H54NO3/c1-5-7-8-9-10-11-12-13-14-16-20-30-23-19-24-33(27-30)38-32(6-2)29-37-34(36)25-26-35(3,4)28-31-21-17-15-18-22-31/h15,17-19,21-24,27,32H,5-14,16,20,25-26,28-29H2,1-4H3/q+1. The average molecular weight is 525 g/mol. The van der Waals surface area contributed by atoms with Crippen molar-refractivity contribution in [2.45, 2.75) is 110 Å². The second-order valence-electron chi connectivity index (χ2n) is 11.5. The minimum Gasteiger partial charge on any atom is -0.487 e. The largest absolute Gasteiger partial charge is 0.487 e. The predicted molar refractivity (Wildman–Crippen MR) is 159 cm³/mol. The van der Waals surface area contributed by atoms with Gasteiger partial charge in [0, 0.05) is 5.56 Å². The highest BCUT2D eigenvalue weighted by atomic mass is 16.6. The number of esters is 1. The molecule has 0 heterocycles. The number of benzene rings is 2. The second-order valence-corrected chi connectivity index (χ2v) is 11.5. The summed E-state index contributed by atoms with van der Waals surface area (Å²) in [6, 6.07) is 18.8. The van der Waals surface area contributed by atoms with E-state index in [1.54, 1.807) is 0 Å². The van der Waals surface area contributed by atoms with Crippen LogP contribution in [0.2, 0.25) is 0 Å². The summed E-state index contributed by atoms with van der Waals surface area (Å²) in [7, 11) is 4.31. The van der Waals surface area contributed by atoms with E-state index in [9.17, 15) is 4.79 Å². The molecule has 4 nitrogen and oxygen atoms in total. The molecular weight excluding hydrogens is 470 g/mol. The van der Waals surface area contributed by atoms with Crippen molar-refractivity contribution in [3.63, 3.8) is 0 Å². The molecule has 0 amide bonds. The van der Waals surface area contributed by atoms with Crippen LogP contribution in [0.15, 0.2) is 54.6 Å². The molecule has 0 radical (unpaired) electrons. The summed E-state index contributed by atoms with van der Waals surface area (Å²) in [6.07, 6.45) is 15.7. The van der Waals surface area contributed by atoms with Crippen molar-refractivity contribution in [2.75, 3.05) is 27.2 Å². The van der Waals surface area contributed by atoms with Crippen LogP contribution in [0.4, 0.5) is 0 Å². The zero-order valence-electron chi connectivity index (χ0n) is 24.8. The molecule has 38 heavy (non-hydrogen) atoms. The van der Waals surface area contributed by atoms with Crippen LogP contribution in [0.3, 0.4) is 0 Å². The molecular formula is C34H54NO3+. The average Bonchev–Trinajstić information content (AvgIpc) is 2.91. The summed E-state index contributed by atoms with van der Waals surface area (Å²) >= 11 is 0. The first-order chi connectivity index (χ1) is 18.4. The number of nitrogens with zero attached hydrogens (tertiary/aromatic N) is 1. The lowest BCUT2D eigenvalue weighted by molar-refractivity contribution is -0.903. The number of carbonyl (C=O) groups excluding carboxylic acids is 1. The lowest BCUT2D eigenvalue weighted by Gasteiger charge is -2.29. The second kappa shape index (κ2) is 18.8. The van der Waals surface area contributed by atoms with Gasteiger partial charge in [-0.15, -0.1) is 0 Å². The van der Waals surface area contributed by atoms with Gasteiger partial charge in [0.15, 0.2) is 0 Å². The Labute approximate surface area is 233 Å². The van der Waals surface area contributed by atoms with Crippen molar-refractivity contribution in [3.8, 4) is 5.75 Å². The quantitative estimate of drug-likeness (QED) is 0.0932. The summed E-state index contributed by atoms with van der Waals surface area (Å²) in [6.45, 7) is 6.28. The zero-order valence-corrected chi connectivity index (χ0v) is 24.8. The van der Waals surface area contributed by atoms with Gasteiger partial charge in [-0.1, -0.05) is 114 Å². The Morgan fingerprint density at radius 3 is 2.08 bits per heavy atom. The maximum Gasteiger partial charge on any atom is 0.311 e. The lowest BCUT2D eigenvalue weighted by Crippen LogP contribution is -2.40. The molecule has 0 saturated heterocycles. The molecule has 0 bridgehead atoms. The van der Waals surface area contributed by atoms with Gasteiger partial charge in [0.2, 0.25) is 0 Å². The maximum absolute atomic E-state index is 12.5. The summed E-state index contributed by atoms with van der Waals surface area (Å²) in [4.78, 5) is 12.5. The molecule has 0 saturated carbocycles. The van der Waals surface area contributed by atoms with Crippen LogP contribution < -0.4 is 4.74 Å². The Hall–Kier alpha value is -2.33. The van der Waals surface area contributed by atoms with Gasteiger partial charge >= 0.3 is 5.97 Å². The Morgan fingerprint density at radius 2 is 1.42 bits per heavy atom. The van der Waals surface area contributed by atoms with Crippen molar-refractivity contribution >= 4 is 5.97 Å². The topological polar surface area (TPSA) is 35.5 Å². The summed E-state index contributed by atoms with van der Waals surface area (Å²) < 4.78 is 12.6. The van der Waals surface area contributed by atoms with E-state index >= 15 is 0 Å². The molecule has 4 heteroatoms. The van der Waals surface area contributed by atoms with Gasteiger partial charge in [-0.3, -0.25) is 4.79 Å². The smallest absolute Gasteiger partial charge is 0.311 e. The lowest BCUT2D eigenvalue weighted by atomic mass is 10.0. The van der Waals surface area contributed by atoms with Crippen molar-refractivity contribution < 1.29 is 18.8 Å². The van der Waals surface area contributed by atoms with Gasteiger partial charge in [0.25, 0.3) is 0 Å². The number of aryl methyl sites for hydroxylation is 1. The molecule has 0 aliphatic heterocycles. The van der Waals surface area contributed by atoms with Gasteiger partial charge in [0.05, 0.1) is 27.1 Å². The van der Waals surface area contributed by atoms with Crippen LogP contribution >= 0.6 is 0 Å². The Kier molecular flexibility index (Phi) is 15.8. The minimum atomic E-state index is -0.152. The summed E-state index contributed by atoms with van der Waals surface area (Å²) in [5.74, 6) is 0.721. The van der Waals surface area contributed by atoms with Crippen LogP contribution in [0, 0.1) is 0 Å². The molecule has 1 atom stereocenters. The van der Waals surface area contributed by atoms with Crippen LogP contribution in [0.25, 0.3) is 0 Å². The monoisotopic (exact) mass is 524 g/mol. The molecule has 212 valence electrons. The van der Waals surface area contributed by atoms with E-state index in [-0.39, 0.29) is 12.1 Å². The van der Waals surface area contributed by atoms with Crippen molar-refractivity contribution in [3.05, 3.63) is 65.7 Å². The number of hydrogen-bond acceptors (Lipinski definition) is 3. The van der Waals surface area contributed by atoms with Gasteiger partial charge in [-0.25, -0.2) is 0 Å². The molecule has 0 aliphatic carbocycles. The fourth-order valence-electron chi connectivity index (χ4n) is 4.83. The van der Waals surface area contributed by atoms with E-state index in [2.05, 4.69) is 70.4 Å². The number of rotatable bonds is 21. The van der Waals surface area contributed by atoms with Crippen LogP contribution in [-0.2, 0) is 22.5 Å².